The number of likely N-dealkylation sites (N-methyl/N-ethyl adjacent to an activating group) is 1. The molecule has 2 N–H and O–H groups in total. The molecule has 0 spiro atoms. The van der Waals surface area contributed by atoms with Crippen molar-refractivity contribution < 1.29 is 4.79 Å². The van der Waals surface area contributed by atoms with E-state index in [2.05, 4.69) is 11.9 Å². The Hall–Kier alpha value is -0.940. The van der Waals surface area contributed by atoms with E-state index in [0.29, 0.717) is 11.4 Å². The highest BCUT2D eigenvalue weighted by Gasteiger charge is 2.18. The van der Waals surface area contributed by atoms with Crippen LogP contribution in [-0.4, -0.2) is 35.4 Å². The van der Waals surface area contributed by atoms with Gasteiger partial charge in [0.05, 0.1) is 11.2 Å². The minimum Gasteiger partial charge on any atom is -0.337 e. The van der Waals surface area contributed by atoms with Gasteiger partial charge in [0.15, 0.2) is 0 Å². The summed E-state index contributed by atoms with van der Waals surface area (Å²) in [5.74, 6) is 0.0119. The second-order valence-corrected chi connectivity index (χ2v) is 4.98. The van der Waals surface area contributed by atoms with Gasteiger partial charge >= 0.3 is 0 Å². The van der Waals surface area contributed by atoms with Gasteiger partial charge in [0.25, 0.3) is 5.91 Å². The molecule has 4 nitrogen and oxygen atoms in total. The van der Waals surface area contributed by atoms with Gasteiger partial charge in [-0.15, -0.1) is 11.3 Å². The van der Waals surface area contributed by atoms with Gasteiger partial charge in [-0.1, -0.05) is 6.92 Å². The molecule has 1 aromatic rings. The lowest BCUT2D eigenvalue weighted by molar-refractivity contribution is 0.0753. The zero-order valence-corrected chi connectivity index (χ0v) is 10.9. The predicted molar refractivity (Wildman–Crippen MR) is 66.7 cm³/mol. The molecule has 1 aromatic heterocycles. The number of nitrogens with zero attached hydrogens (tertiary/aromatic N) is 2. The van der Waals surface area contributed by atoms with E-state index in [-0.39, 0.29) is 11.9 Å². The van der Waals surface area contributed by atoms with Crippen LogP contribution in [-0.2, 0) is 6.42 Å². The van der Waals surface area contributed by atoms with Crippen LogP contribution in [0.1, 0.15) is 34.9 Å². The van der Waals surface area contributed by atoms with E-state index in [1.165, 1.54) is 11.3 Å². The first kappa shape index (κ1) is 13.1. The highest BCUT2D eigenvalue weighted by Crippen LogP contribution is 2.16. The third-order valence-corrected chi connectivity index (χ3v) is 3.60. The standard InChI is InChI=1S/C11H19N3OS/c1-4-5-10-13-7-9(16-10)11(15)14(3)8(2)6-12/h7-8H,4-6,12H2,1-3H3. The van der Waals surface area contributed by atoms with E-state index in [9.17, 15) is 4.79 Å². The fraction of sp³-hybridized carbons (Fsp3) is 0.636. The van der Waals surface area contributed by atoms with Crippen molar-refractivity contribution in [1.29, 1.82) is 0 Å². The first-order valence-corrected chi connectivity index (χ1v) is 6.33. The molecule has 1 rings (SSSR count). The van der Waals surface area contributed by atoms with Gasteiger partial charge in [0, 0.05) is 19.6 Å². The van der Waals surface area contributed by atoms with Crippen LogP contribution in [0.2, 0.25) is 0 Å². The van der Waals surface area contributed by atoms with E-state index < -0.39 is 0 Å². The van der Waals surface area contributed by atoms with Crippen molar-refractivity contribution in [1.82, 2.24) is 9.88 Å². The number of hydrogen-bond acceptors (Lipinski definition) is 4. The second-order valence-electron chi connectivity index (χ2n) is 3.87. The van der Waals surface area contributed by atoms with Crippen molar-refractivity contribution in [3.63, 3.8) is 0 Å². The van der Waals surface area contributed by atoms with Crippen LogP contribution in [0.5, 0.6) is 0 Å². The summed E-state index contributed by atoms with van der Waals surface area (Å²) < 4.78 is 0. The van der Waals surface area contributed by atoms with Gasteiger partial charge in [0.1, 0.15) is 4.88 Å². The molecule has 0 aliphatic carbocycles. The summed E-state index contributed by atoms with van der Waals surface area (Å²) >= 11 is 1.48. The monoisotopic (exact) mass is 241 g/mol. The quantitative estimate of drug-likeness (QED) is 0.850. The van der Waals surface area contributed by atoms with Crippen molar-refractivity contribution in [2.75, 3.05) is 13.6 Å². The number of amides is 1. The lowest BCUT2D eigenvalue weighted by atomic mass is 10.3. The Kier molecular flexibility index (Phi) is 4.89. The second kappa shape index (κ2) is 5.96. The minimum atomic E-state index is 0.0119. The molecular formula is C11H19N3OS. The van der Waals surface area contributed by atoms with Crippen molar-refractivity contribution in [2.24, 2.45) is 5.73 Å². The van der Waals surface area contributed by atoms with E-state index in [1.807, 2.05) is 6.92 Å². The molecule has 1 unspecified atom stereocenters. The molecule has 0 saturated heterocycles. The number of carbonyl (C=O) groups is 1. The fourth-order valence-corrected chi connectivity index (χ4v) is 2.27. The molecule has 0 aliphatic rings. The molecule has 0 aromatic carbocycles. The molecule has 1 heterocycles. The highest BCUT2D eigenvalue weighted by molar-refractivity contribution is 7.13. The van der Waals surface area contributed by atoms with Gasteiger partial charge in [-0.2, -0.15) is 0 Å². The summed E-state index contributed by atoms with van der Waals surface area (Å²) in [5, 5.41) is 1.03. The van der Waals surface area contributed by atoms with Gasteiger partial charge in [-0.25, -0.2) is 4.98 Å². The van der Waals surface area contributed by atoms with Crippen molar-refractivity contribution in [2.45, 2.75) is 32.7 Å². The fourth-order valence-electron chi connectivity index (χ4n) is 1.27. The number of carbonyl (C=O) groups excluding carboxylic acids is 1. The molecule has 16 heavy (non-hydrogen) atoms. The topological polar surface area (TPSA) is 59.2 Å². The van der Waals surface area contributed by atoms with Crippen LogP contribution in [0.3, 0.4) is 0 Å². The first-order chi connectivity index (χ1) is 7.60. The first-order valence-electron chi connectivity index (χ1n) is 5.52. The molecule has 90 valence electrons. The molecule has 1 atom stereocenters. The third kappa shape index (κ3) is 3.02. The molecule has 5 heteroatoms. The summed E-state index contributed by atoms with van der Waals surface area (Å²) in [6.45, 7) is 4.51. The van der Waals surface area contributed by atoms with Crippen molar-refractivity contribution in [3.05, 3.63) is 16.1 Å². The normalized spacial score (nSPS) is 12.5. The SMILES string of the molecule is CCCc1ncc(C(=O)N(C)C(C)CN)s1. The summed E-state index contributed by atoms with van der Waals surface area (Å²) in [6, 6.07) is 0.0595. The average Bonchev–Trinajstić information content (AvgIpc) is 2.75. The lowest BCUT2D eigenvalue weighted by Gasteiger charge is -2.22. The Morgan fingerprint density at radius 2 is 2.38 bits per heavy atom. The number of nitrogens with two attached hydrogens (primary N) is 1. The number of aromatic nitrogens is 1. The Balaban J connectivity index is 2.72. The molecule has 0 fully saturated rings. The zero-order valence-electron chi connectivity index (χ0n) is 10.1. The Bertz CT molecular complexity index is 351. The van der Waals surface area contributed by atoms with E-state index >= 15 is 0 Å². The van der Waals surface area contributed by atoms with Crippen LogP contribution in [0, 0.1) is 0 Å². The van der Waals surface area contributed by atoms with E-state index in [1.54, 1.807) is 18.1 Å². The number of aryl methyl sites for hydroxylation is 1. The van der Waals surface area contributed by atoms with Crippen LogP contribution in [0.4, 0.5) is 0 Å². The van der Waals surface area contributed by atoms with Gasteiger partial charge in [0.2, 0.25) is 0 Å². The summed E-state index contributed by atoms with van der Waals surface area (Å²) in [7, 11) is 1.78. The Morgan fingerprint density at radius 1 is 1.69 bits per heavy atom. The maximum absolute atomic E-state index is 12.0. The predicted octanol–water partition coefficient (Wildman–Crippen LogP) is 1.51. The minimum absolute atomic E-state index is 0.0119. The van der Waals surface area contributed by atoms with Gasteiger partial charge in [-0.3, -0.25) is 4.79 Å². The zero-order chi connectivity index (χ0) is 12.1. The number of thiazole rings is 1. The lowest BCUT2D eigenvalue weighted by Crippen LogP contribution is -2.39. The van der Waals surface area contributed by atoms with E-state index in [4.69, 9.17) is 5.73 Å². The van der Waals surface area contributed by atoms with Crippen LogP contribution in [0.25, 0.3) is 0 Å². The molecule has 0 saturated carbocycles. The van der Waals surface area contributed by atoms with Gasteiger partial charge in [-0.05, 0) is 19.8 Å². The summed E-state index contributed by atoms with van der Waals surface area (Å²) in [5.41, 5.74) is 5.54. The molecule has 1 amide bonds. The number of rotatable bonds is 5. The molecule has 0 radical (unpaired) electrons. The Labute approximate surface area is 100 Å². The summed E-state index contributed by atoms with van der Waals surface area (Å²) in [4.78, 5) is 18.6. The highest BCUT2D eigenvalue weighted by atomic mass is 32.1. The van der Waals surface area contributed by atoms with Crippen molar-refractivity contribution in [3.8, 4) is 0 Å². The Morgan fingerprint density at radius 3 is 2.94 bits per heavy atom. The maximum atomic E-state index is 12.0. The largest absolute Gasteiger partial charge is 0.337 e. The third-order valence-electron chi connectivity index (χ3n) is 2.55. The molecule has 0 bridgehead atoms. The van der Waals surface area contributed by atoms with Gasteiger partial charge < -0.3 is 10.6 Å². The average molecular weight is 241 g/mol. The maximum Gasteiger partial charge on any atom is 0.265 e. The molecular weight excluding hydrogens is 222 g/mol. The number of hydrogen-bond donors (Lipinski definition) is 1. The van der Waals surface area contributed by atoms with Crippen LogP contribution >= 0.6 is 11.3 Å². The molecule has 0 aliphatic heterocycles. The smallest absolute Gasteiger partial charge is 0.265 e. The summed E-state index contributed by atoms with van der Waals surface area (Å²) in [6.07, 6.45) is 3.65. The van der Waals surface area contributed by atoms with Crippen LogP contribution in [0.15, 0.2) is 6.20 Å². The van der Waals surface area contributed by atoms with Crippen LogP contribution < -0.4 is 5.73 Å². The van der Waals surface area contributed by atoms with E-state index in [0.717, 1.165) is 17.8 Å². The van der Waals surface area contributed by atoms with Crippen molar-refractivity contribution >= 4 is 17.2 Å².